The fourth-order valence-corrected chi connectivity index (χ4v) is 2.11. The van der Waals surface area contributed by atoms with Gasteiger partial charge in [-0.15, -0.1) is 6.58 Å². The number of nitrogens with zero attached hydrogens (tertiary/aromatic N) is 2. The predicted molar refractivity (Wildman–Crippen MR) is 61.3 cm³/mol. The molecule has 3 heteroatoms. The zero-order chi connectivity index (χ0) is 10.6. The first-order chi connectivity index (χ1) is 6.69. The molecule has 2 atom stereocenters. The zero-order valence-corrected chi connectivity index (χ0v) is 9.45. The van der Waals surface area contributed by atoms with Crippen molar-refractivity contribution in [1.82, 2.24) is 9.80 Å². The molecule has 1 rings (SSSR count). The van der Waals surface area contributed by atoms with Crippen molar-refractivity contribution >= 4 is 0 Å². The Hall–Kier alpha value is -0.380. The average molecular weight is 197 g/mol. The summed E-state index contributed by atoms with van der Waals surface area (Å²) in [5.74, 6) is 0. The van der Waals surface area contributed by atoms with E-state index in [0.29, 0.717) is 12.1 Å². The van der Waals surface area contributed by atoms with Crippen LogP contribution in [0, 0.1) is 0 Å². The Labute approximate surface area is 87.6 Å². The molecule has 0 bridgehead atoms. The van der Waals surface area contributed by atoms with Gasteiger partial charge in [-0.3, -0.25) is 4.90 Å². The summed E-state index contributed by atoms with van der Waals surface area (Å²) in [6.45, 7) is 10.1. The quantitative estimate of drug-likeness (QED) is 0.667. The number of nitrogens with two attached hydrogens (primary N) is 1. The molecule has 2 N–H and O–H groups in total. The van der Waals surface area contributed by atoms with E-state index in [-0.39, 0.29) is 0 Å². The van der Waals surface area contributed by atoms with Gasteiger partial charge in [0.05, 0.1) is 0 Å². The number of hydrogen-bond acceptors (Lipinski definition) is 3. The van der Waals surface area contributed by atoms with Crippen LogP contribution >= 0.6 is 0 Å². The average Bonchev–Trinajstić information content (AvgIpc) is 2.14. The van der Waals surface area contributed by atoms with Gasteiger partial charge in [0.25, 0.3) is 0 Å². The molecule has 0 spiro atoms. The summed E-state index contributed by atoms with van der Waals surface area (Å²) in [5.41, 5.74) is 5.63. The molecule has 1 aliphatic rings. The van der Waals surface area contributed by atoms with Crippen LogP contribution in [-0.2, 0) is 0 Å². The van der Waals surface area contributed by atoms with Crippen LogP contribution in [0.4, 0.5) is 0 Å². The minimum Gasteiger partial charge on any atom is -0.330 e. The Kier molecular flexibility index (Phi) is 4.58. The molecule has 0 aromatic rings. The smallest absolute Gasteiger partial charge is 0.0239 e. The van der Waals surface area contributed by atoms with E-state index in [4.69, 9.17) is 5.73 Å². The molecule has 0 aromatic heterocycles. The minimum absolute atomic E-state index is 0.610. The Morgan fingerprint density at radius 2 is 2.21 bits per heavy atom. The normalized spacial score (nSPS) is 30.5. The highest BCUT2D eigenvalue weighted by atomic mass is 15.3. The van der Waals surface area contributed by atoms with Crippen LogP contribution in [0.1, 0.15) is 13.3 Å². The van der Waals surface area contributed by atoms with Gasteiger partial charge in [-0.05, 0) is 26.9 Å². The number of hydrogen-bond donors (Lipinski definition) is 1. The van der Waals surface area contributed by atoms with Crippen LogP contribution in [0.2, 0.25) is 0 Å². The summed E-state index contributed by atoms with van der Waals surface area (Å²) in [4.78, 5) is 4.91. The van der Waals surface area contributed by atoms with E-state index >= 15 is 0 Å². The molecule has 3 nitrogen and oxygen atoms in total. The fourth-order valence-electron chi connectivity index (χ4n) is 2.11. The highest BCUT2D eigenvalue weighted by molar-refractivity contribution is 4.88. The molecule has 0 saturated carbocycles. The zero-order valence-electron chi connectivity index (χ0n) is 9.45. The summed E-state index contributed by atoms with van der Waals surface area (Å²) in [6.07, 6.45) is 3.08. The first kappa shape index (κ1) is 11.7. The Bertz CT molecular complexity index is 181. The lowest BCUT2D eigenvalue weighted by molar-refractivity contribution is 0.0574. The number of rotatable bonds is 4. The molecule has 14 heavy (non-hydrogen) atoms. The second-order valence-corrected chi connectivity index (χ2v) is 4.26. The van der Waals surface area contributed by atoms with E-state index in [1.54, 1.807) is 0 Å². The first-order valence-electron chi connectivity index (χ1n) is 5.44. The van der Waals surface area contributed by atoms with Gasteiger partial charge < -0.3 is 10.6 Å². The lowest BCUT2D eigenvalue weighted by atomic mass is 10.1. The van der Waals surface area contributed by atoms with Gasteiger partial charge in [-0.1, -0.05) is 6.08 Å². The SMILES string of the molecule is C=CCN1CC(C)N(C)CC1CCN. The van der Waals surface area contributed by atoms with Gasteiger partial charge >= 0.3 is 0 Å². The van der Waals surface area contributed by atoms with E-state index < -0.39 is 0 Å². The first-order valence-corrected chi connectivity index (χ1v) is 5.44. The third-order valence-corrected chi connectivity index (χ3v) is 3.13. The Morgan fingerprint density at radius 3 is 2.79 bits per heavy atom. The second-order valence-electron chi connectivity index (χ2n) is 4.26. The molecule has 1 fully saturated rings. The fraction of sp³-hybridized carbons (Fsp3) is 0.818. The summed E-state index contributed by atoms with van der Waals surface area (Å²) in [6, 6.07) is 1.25. The van der Waals surface area contributed by atoms with Crippen LogP contribution in [0.15, 0.2) is 12.7 Å². The molecule has 1 aliphatic heterocycles. The van der Waals surface area contributed by atoms with Gasteiger partial charge in [0, 0.05) is 31.7 Å². The lowest BCUT2D eigenvalue weighted by Crippen LogP contribution is -2.56. The number of piperazine rings is 1. The Morgan fingerprint density at radius 1 is 1.50 bits per heavy atom. The summed E-state index contributed by atoms with van der Waals surface area (Å²) in [5, 5.41) is 0. The van der Waals surface area contributed by atoms with Crippen molar-refractivity contribution < 1.29 is 0 Å². The molecule has 0 radical (unpaired) electrons. The molecule has 2 unspecified atom stereocenters. The number of likely N-dealkylation sites (N-methyl/N-ethyl adjacent to an activating group) is 1. The van der Waals surface area contributed by atoms with Crippen LogP contribution < -0.4 is 5.73 Å². The maximum Gasteiger partial charge on any atom is 0.0239 e. The van der Waals surface area contributed by atoms with Crippen molar-refractivity contribution in [2.45, 2.75) is 25.4 Å². The van der Waals surface area contributed by atoms with E-state index in [0.717, 1.165) is 32.6 Å². The van der Waals surface area contributed by atoms with Gasteiger partial charge in [-0.2, -0.15) is 0 Å². The maximum absolute atomic E-state index is 5.63. The topological polar surface area (TPSA) is 32.5 Å². The highest BCUT2D eigenvalue weighted by Gasteiger charge is 2.27. The van der Waals surface area contributed by atoms with Crippen molar-refractivity contribution in [2.24, 2.45) is 5.73 Å². The molecule has 82 valence electrons. The molecule has 0 aromatic carbocycles. The summed E-state index contributed by atoms with van der Waals surface area (Å²) in [7, 11) is 2.19. The second kappa shape index (κ2) is 5.49. The largest absolute Gasteiger partial charge is 0.330 e. The van der Waals surface area contributed by atoms with E-state index in [9.17, 15) is 0 Å². The monoisotopic (exact) mass is 197 g/mol. The van der Waals surface area contributed by atoms with E-state index in [2.05, 4.69) is 30.4 Å². The van der Waals surface area contributed by atoms with Crippen LogP contribution in [0.25, 0.3) is 0 Å². The van der Waals surface area contributed by atoms with Crippen molar-refractivity contribution in [3.05, 3.63) is 12.7 Å². The highest BCUT2D eigenvalue weighted by Crippen LogP contribution is 2.15. The lowest BCUT2D eigenvalue weighted by Gasteiger charge is -2.43. The van der Waals surface area contributed by atoms with E-state index in [1.807, 2.05) is 6.08 Å². The molecule has 1 heterocycles. The van der Waals surface area contributed by atoms with Crippen LogP contribution in [0.5, 0.6) is 0 Å². The van der Waals surface area contributed by atoms with Gasteiger partial charge in [0.15, 0.2) is 0 Å². The van der Waals surface area contributed by atoms with E-state index in [1.165, 1.54) is 0 Å². The van der Waals surface area contributed by atoms with Crippen LogP contribution in [0.3, 0.4) is 0 Å². The molecular weight excluding hydrogens is 174 g/mol. The Balaban J connectivity index is 2.54. The van der Waals surface area contributed by atoms with Crippen molar-refractivity contribution in [1.29, 1.82) is 0 Å². The minimum atomic E-state index is 0.610. The van der Waals surface area contributed by atoms with Crippen LogP contribution in [-0.4, -0.2) is 55.1 Å². The van der Waals surface area contributed by atoms with Gasteiger partial charge in [-0.25, -0.2) is 0 Å². The summed E-state index contributed by atoms with van der Waals surface area (Å²) >= 11 is 0. The van der Waals surface area contributed by atoms with Gasteiger partial charge in [0.2, 0.25) is 0 Å². The summed E-state index contributed by atoms with van der Waals surface area (Å²) < 4.78 is 0. The molecular formula is C11H23N3. The van der Waals surface area contributed by atoms with Crippen molar-refractivity contribution in [3.8, 4) is 0 Å². The van der Waals surface area contributed by atoms with Gasteiger partial charge in [0.1, 0.15) is 0 Å². The molecule has 1 saturated heterocycles. The maximum atomic E-state index is 5.63. The predicted octanol–water partition coefficient (Wildman–Crippen LogP) is 0.526. The van der Waals surface area contributed by atoms with Crippen molar-refractivity contribution in [3.63, 3.8) is 0 Å². The van der Waals surface area contributed by atoms with Crippen molar-refractivity contribution in [2.75, 3.05) is 33.2 Å². The molecule has 0 aliphatic carbocycles. The molecule has 0 amide bonds. The third kappa shape index (κ3) is 2.80. The standard InChI is InChI=1S/C11H23N3/c1-4-7-14-8-10(2)13(3)9-11(14)5-6-12/h4,10-11H,1,5-9,12H2,2-3H3. The third-order valence-electron chi connectivity index (χ3n) is 3.13.